The summed E-state index contributed by atoms with van der Waals surface area (Å²) in [6.07, 6.45) is 3.30. The van der Waals surface area contributed by atoms with Crippen LogP contribution in [0.25, 0.3) is 0 Å². The average Bonchev–Trinajstić information content (AvgIpc) is 2.83. The van der Waals surface area contributed by atoms with E-state index in [9.17, 15) is 4.79 Å². The van der Waals surface area contributed by atoms with Crippen LogP contribution in [0, 0.1) is 18.8 Å². The quantitative estimate of drug-likeness (QED) is 0.808. The molecule has 1 aromatic heterocycles. The molecule has 0 saturated carbocycles. The van der Waals surface area contributed by atoms with E-state index in [1.54, 1.807) is 36.3 Å². The summed E-state index contributed by atoms with van der Waals surface area (Å²) < 4.78 is 1.61. The van der Waals surface area contributed by atoms with E-state index < -0.39 is 0 Å². The van der Waals surface area contributed by atoms with E-state index in [-0.39, 0.29) is 12.5 Å². The van der Waals surface area contributed by atoms with Crippen LogP contribution in [0.2, 0.25) is 0 Å². The smallest absolute Gasteiger partial charge is 0.255 e. The van der Waals surface area contributed by atoms with Gasteiger partial charge in [-0.1, -0.05) is 17.9 Å². The van der Waals surface area contributed by atoms with Gasteiger partial charge in [0.2, 0.25) is 0 Å². The van der Waals surface area contributed by atoms with Crippen molar-refractivity contribution in [3.05, 3.63) is 47.3 Å². The van der Waals surface area contributed by atoms with Gasteiger partial charge < -0.3 is 10.4 Å². The van der Waals surface area contributed by atoms with Crippen LogP contribution in [0.1, 0.15) is 21.5 Å². The lowest BCUT2D eigenvalue weighted by atomic mass is 10.0. The zero-order valence-electron chi connectivity index (χ0n) is 11.3. The van der Waals surface area contributed by atoms with Crippen molar-refractivity contribution in [1.29, 1.82) is 0 Å². The molecule has 0 aliphatic carbocycles. The Labute approximate surface area is 117 Å². The summed E-state index contributed by atoms with van der Waals surface area (Å²) in [7, 11) is 1.78. The summed E-state index contributed by atoms with van der Waals surface area (Å²) in [5, 5.41) is 15.5. The molecule has 0 unspecified atom stereocenters. The molecule has 102 valence electrons. The van der Waals surface area contributed by atoms with Crippen LogP contribution >= 0.6 is 0 Å². The van der Waals surface area contributed by atoms with Crippen molar-refractivity contribution in [2.75, 3.05) is 11.9 Å². The van der Waals surface area contributed by atoms with Crippen LogP contribution in [0.4, 0.5) is 5.69 Å². The minimum absolute atomic E-state index is 0.203. The van der Waals surface area contributed by atoms with Crippen molar-refractivity contribution in [2.24, 2.45) is 7.05 Å². The summed E-state index contributed by atoms with van der Waals surface area (Å²) in [5.41, 5.74) is 2.85. The van der Waals surface area contributed by atoms with E-state index in [1.165, 1.54) is 0 Å². The predicted molar refractivity (Wildman–Crippen MR) is 76.3 cm³/mol. The highest BCUT2D eigenvalue weighted by Crippen LogP contribution is 2.12. The van der Waals surface area contributed by atoms with E-state index in [1.807, 2.05) is 13.0 Å². The van der Waals surface area contributed by atoms with E-state index >= 15 is 0 Å². The molecule has 5 heteroatoms. The summed E-state index contributed by atoms with van der Waals surface area (Å²) in [6.45, 7) is 1.70. The first-order chi connectivity index (χ1) is 9.60. The fourth-order valence-corrected chi connectivity index (χ4v) is 1.72. The van der Waals surface area contributed by atoms with Gasteiger partial charge in [0.1, 0.15) is 6.61 Å². The Balaban J connectivity index is 2.22. The molecule has 2 aromatic rings. The van der Waals surface area contributed by atoms with Gasteiger partial charge >= 0.3 is 0 Å². The highest BCUT2D eigenvalue weighted by molar-refractivity contribution is 6.04. The monoisotopic (exact) mass is 269 g/mol. The molecule has 0 bridgehead atoms. The number of nitrogens with one attached hydrogen (secondary N) is 1. The molecule has 20 heavy (non-hydrogen) atoms. The van der Waals surface area contributed by atoms with E-state index in [4.69, 9.17) is 5.11 Å². The number of aliphatic hydroxyl groups is 1. The van der Waals surface area contributed by atoms with E-state index in [0.29, 0.717) is 11.3 Å². The first-order valence-corrected chi connectivity index (χ1v) is 6.10. The fraction of sp³-hybridized carbons (Fsp3) is 0.200. The minimum Gasteiger partial charge on any atom is -0.384 e. The lowest BCUT2D eigenvalue weighted by Gasteiger charge is -2.05. The molecular formula is C15H15N3O2. The predicted octanol–water partition coefficient (Wildman–Crippen LogP) is 1.32. The number of carbonyl (C=O) groups is 1. The topological polar surface area (TPSA) is 67.2 Å². The molecule has 0 atom stereocenters. The Morgan fingerprint density at radius 2 is 2.30 bits per heavy atom. The fourth-order valence-electron chi connectivity index (χ4n) is 1.72. The Bertz CT molecular complexity index is 693. The Morgan fingerprint density at radius 1 is 1.50 bits per heavy atom. The molecule has 0 aliphatic heterocycles. The molecular weight excluding hydrogens is 254 g/mol. The van der Waals surface area contributed by atoms with Gasteiger partial charge in [0.25, 0.3) is 5.91 Å². The maximum absolute atomic E-state index is 12.1. The van der Waals surface area contributed by atoms with Crippen LogP contribution in [-0.4, -0.2) is 27.4 Å². The Kier molecular flexibility index (Phi) is 4.18. The lowest BCUT2D eigenvalue weighted by molar-refractivity contribution is 0.102. The lowest BCUT2D eigenvalue weighted by Crippen LogP contribution is -2.11. The van der Waals surface area contributed by atoms with Gasteiger partial charge in [0.15, 0.2) is 0 Å². The normalized spacial score (nSPS) is 9.75. The summed E-state index contributed by atoms with van der Waals surface area (Å²) in [4.78, 5) is 12.1. The molecule has 0 spiro atoms. The molecule has 1 aromatic carbocycles. The van der Waals surface area contributed by atoms with Gasteiger partial charge in [0.05, 0.1) is 11.9 Å². The largest absolute Gasteiger partial charge is 0.384 e. The molecule has 1 heterocycles. The molecule has 2 rings (SSSR count). The van der Waals surface area contributed by atoms with Gasteiger partial charge in [0, 0.05) is 24.4 Å². The summed E-state index contributed by atoms with van der Waals surface area (Å²) >= 11 is 0. The van der Waals surface area contributed by atoms with Crippen LogP contribution < -0.4 is 5.32 Å². The molecule has 0 fully saturated rings. The number of nitrogens with zero attached hydrogens (tertiary/aromatic N) is 2. The number of aliphatic hydroxyl groups excluding tert-OH is 1. The van der Waals surface area contributed by atoms with Crippen molar-refractivity contribution >= 4 is 11.6 Å². The number of anilines is 1. The third-order valence-electron chi connectivity index (χ3n) is 2.76. The van der Waals surface area contributed by atoms with Gasteiger partial charge in [-0.3, -0.25) is 9.48 Å². The first-order valence-electron chi connectivity index (χ1n) is 6.10. The van der Waals surface area contributed by atoms with Crippen LogP contribution in [0.15, 0.2) is 30.6 Å². The van der Waals surface area contributed by atoms with E-state index in [2.05, 4.69) is 22.3 Å². The van der Waals surface area contributed by atoms with Gasteiger partial charge in [-0.05, 0) is 24.6 Å². The number of carbonyl (C=O) groups excluding carboxylic acids is 1. The Hall–Kier alpha value is -2.58. The molecule has 0 radical (unpaired) electrons. The first kappa shape index (κ1) is 13.8. The molecule has 1 amide bonds. The van der Waals surface area contributed by atoms with Crippen molar-refractivity contribution in [3.8, 4) is 11.8 Å². The van der Waals surface area contributed by atoms with Crippen molar-refractivity contribution in [3.63, 3.8) is 0 Å². The number of rotatable bonds is 2. The van der Waals surface area contributed by atoms with Crippen LogP contribution in [0.3, 0.4) is 0 Å². The number of amides is 1. The average molecular weight is 269 g/mol. The zero-order chi connectivity index (χ0) is 14.5. The minimum atomic E-state index is -0.218. The van der Waals surface area contributed by atoms with Gasteiger partial charge in [-0.2, -0.15) is 5.10 Å². The van der Waals surface area contributed by atoms with E-state index in [0.717, 1.165) is 11.1 Å². The van der Waals surface area contributed by atoms with Crippen molar-refractivity contribution in [1.82, 2.24) is 9.78 Å². The number of aryl methyl sites for hydroxylation is 2. The third kappa shape index (κ3) is 3.25. The summed E-state index contributed by atoms with van der Waals surface area (Å²) in [5.74, 6) is 5.20. The molecule has 5 nitrogen and oxygen atoms in total. The number of hydrogen-bond donors (Lipinski definition) is 2. The number of hydrogen-bond acceptors (Lipinski definition) is 3. The van der Waals surface area contributed by atoms with Crippen LogP contribution in [-0.2, 0) is 7.05 Å². The highest BCUT2D eigenvalue weighted by atomic mass is 16.2. The standard InChI is InChI=1S/C15H15N3O2/c1-11-5-6-13(8-12(11)4-3-7-19)15(20)17-14-9-16-18(2)10-14/h5-6,8-10,19H,7H2,1-2H3,(H,17,20). The highest BCUT2D eigenvalue weighted by Gasteiger charge is 2.08. The number of benzene rings is 1. The van der Waals surface area contributed by atoms with Crippen molar-refractivity contribution < 1.29 is 9.90 Å². The molecule has 0 saturated heterocycles. The molecule has 2 N–H and O–H groups in total. The van der Waals surface area contributed by atoms with Gasteiger partial charge in [-0.25, -0.2) is 0 Å². The zero-order valence-corrected chi connectivity index (χ0v) is 11.3. The Morgan fingerprint density at radius 3 is 2.95 bits per heavy atom. The maximum atomic E-state index is 12.1. The SMILES string of the molecule is Cc1ccc(C(=O)Nc2cnn(C)c2)cc1C#CCO. The van der Waals surface area contributed by atoms with Crippen molar-refractivity contribution in [2.45, 2.75) is 6.92 Å². The summed E-state index contributed by atoms with van der Waals surface area (Å²) in [6, 6.07) is 5.29. The number of aromatic nitrogens is 2. The molecule has 0 aliphatic rings. The second kappa shape index (κ2) is 6.04. The second-order valence-electron chi connectivity index (χ2n) is 4.35. The van der Waals surface area contributed by atoms with Crippen LogP contribution in [0.5, 0.6) is 0 Å². The third-order valence-corrected chi connectivity index (χ3v) is 2.76. The maximum Gasteiger partial charge on any atom is 0.255 e. The second-order valence-corrected chi connectivity index (χ2v) is 4.35. The van der Waals surface area contributed by atoms with Gasteiger partial charge in [-0.15, -0.1) is 0 Å².